The Kier molecular flexibility index (Phi) is 5.40. The summed E-state index contributed by atoms with van der Waals surface area (Å²) in [5.41, 5.74) is 4.18. The molecular formula is C24H32N4O. The van der Waals surface area contributed by atoms with Gasteiger partial charge < -0.3 is 14.7 Å². The monoisotopic (exact) mass is 392 g/mol. The average molecular weight is 393 g/mol. The quantitative estimate of drug-likeness (QED) is 0.721. The van der Waals surface area contributed by atoms with Gasteiger partial charge in [-0.05, 0) is 56.8 Å². The first-order valence-corrected chi connectivity index (χ1v) is 10.8. The molecule has 1 spiro atoms. The average Bonchev–Trinajstić information content (AvgIpc) is 2.69. The van der Waals surface area contributed by atoms with E-state index in [1.54, 1.807) is 0 Å². The number of hydrogen-bond acceptors (Lipinski definition) is 5. The number of anilines is 1. The summed E-state index contributed by atoms with van der Waals surface area (Å²) in [6.45, 7) is 3.83. The Morgan fingerprint density at radius 1 is 1.17 bits per heavy atom. The molecule has 0 N–H and O–H groups in total. The van der Waals surface area contributed by atoms with Gasteiger partial charge >= 0.3 is 0 Å². The second kappa shape index (κ2) is 7.84. The van der Waals surface area contributed by atoms with Gasteiger partial charge in [-0.3, -0.25) is 4.79 Å². The fraction of sp³-hybridized carbons (Fsp3) is 0.583. The number of pyridine rings is 1. The van der Waals surface area contributed by atoms with Gasteiger partial charge in [0.2, 0.25) is 0 Å². The largest absolute Gasteiger partial charge is 0.370 e. The molecule has 0 unspecified atom stereocenters. The first kappa shape index (κ1) is 20.0. The third kappa shape index (κ3) is 3.79. The third-order valence-corrected chi connectivity index (χ3v) is 7.07. The molecule has 2 fully saturated rings. The van der Waals surface area contributed by atoms with Crippen LogP contribution in [0.4, 0.5) is 5.82 Å². The van der Waals surface area contributed by atoms with E-state index in [1.165, 1.54) is 32.1 Å². The molecule has 1 aromatic heterocycles. The second-order valence-corrected chi connectivity index (χ2v) is 9.23. The molecule has 1 aliphatic heterocycles. The molecule has 0 amide bonds. The fourth-order valence-corrected chi connectivity index (χ4v) is 4.89. The molecule has 5 heteroatoms. The summed E-state index contributed by atoms with van der Waals surface area (Å²) in [7, 11) is 6.22. The minimum Gasteiger partial charge on any atom is -0.370 e. The van der Waals surface area contributed by atoms with Gasteiger partial charge in [-0.1, -0.05) is 12.3 Å². The fourth-order valence-electron chi connectivity index (χ4n) is 4.89. The van der Waals surface area contributed by atoms with Crippen LogP contribution in [0.2, 0.25) is 0 Å². The Morgan fingerprint density at radius 2 is 1.90 bits per heavy atom. The van der Waals surface area contributed by atoms with E-state index in [0.29, 0.717) is 17.4 Å². The zero-order valence-corrected chi connectivity index (χ0v) is 18.0. The number of rotatable bonds is 5. The molecule has 0 radical (unpaired) electrons. The predicted octanol–water partition coefficient (Wildman–Crippen LogP) is 2.82. The van der Waals surface area contributed by atoms with Crippen molar-refractivity contribution in [2.45, 2.75) is 38.5 Å². The minimum absolute atomic E-state index is 0.0504. The van der Waals surface area contributed by atoms with Crippen LogP contribution in [0.3, 0.4) is 0 Å². The number of aromatic nitrogens is 1. The van der Waals surface area contributed by atoms with Crippen molar-refractivity contribution in [1.82, 2.24) is 14.8 Å². The Hall–Kier alpha value is -2.32. The van der Waals surface area contributed by atoms with Crippen LogP contribution in [0.25, 0.3) is 5.70 Å². The van der Waals surface area contributed by atoms with Crippen molar-refractivity contribution < 1.29 is 4.79 Å². The number of allylic oxidation sites excluding steroid dienone is 1. The van der Waals surface area contributed by atoms with E-state index in [4.69, 9.17) is 6.42 Å². The molecule has 2 heterocycles. The summed E-state index contributed by atoms with van der Waals surface area (Å²) in [5.74, 6) is 3.71. The molecule has 1 aromatic rings. The van der Waals surface area contributed by atoms with Crippen LogP contribution in [-0.2, 0) is 11.2 Å². The van der Waals surface area contributed by atoms with E-state index in [2.05, 4.69) is 52.8 Å². The van der Waals surface area contributed by atoms with Gasteiger partial charge in [-0.25, -0.2) is 4.98 Å². The topological polar surface area (TPSA) is 39.7 Å². The van der Waals surface area contributed by atoms with Gasteiger partial charge in [0, 0.05) is 51.4 Å². The molecule has 0 bridgehead atoms. The molecule has 3 aliphatic rings. The maximum absolute atomic E-state index is 12.8. The van der Waals surface area contributed by atoms with E-state index in [9.17, 15) is 4.79 Å². The molecule has 154 valence electrons. The second-order valence-electron chi connectivity index (χ2n) is 9.23. The van der Waals surface area contributed by atoms with Gasteiger partial charge in [0.25, 0.3) is 0 Å². The Labute approximate surface area is 174 Å². The Balaban J connectivity index is 1.65. The highest BCUT2D eigenvalue weighted by Gasteiger charge is 2.41. The van der Waals surface area contributed by atoms with Crippen LogP contribution in [-0.4, -0.2) is 67.9 Å². The van der Waals surface area contributed by atoms with Gasteiger partial charge in [0.1, 0.15) is 5.82 Å². The van der Waals surface area contributed by atoms with Crippen LogP contribution in [0.5, 0.6) is 0 Å². The van der Waals surface area contributed by atoms with Gasteiger partial charge in [-0.15, -0.1) is 6.42 Å². The number of carbonyl (C=O) groups is 1. The normalized spacial score (nSPS) is 20.5. The number of likely N-dealkylation sites (N-methyl/N-ethyl adjacent to an activating group) is 2. The summed E-state index contributed by atoms with van der Waals surface area (Å²) in [6.07, 6.45) is 14.6. The zero-order valence-electron chi connectivity index (χ0n) is 18.0. The van der Waals surface area contributed by atoms with Gasteiger partial charge in [0.15, 0.2) is 5.78 Å². The van der Waals surface area contributed by atoms with Crippen molar-refractivity contribution in [3.8, 4) is 12.3 Å². The van der Waals surface area contributed by atoms with Gasteiger partial charge in [0.05, 0.1) is 11.3 Å². The van der Waals surface area contributed by atoms with Crippen LogP contribution >= 0.6 is 0 Å². The molecular weight excluding hydrogens is 360 g/mol. The van der Waals surface area contributed by atoms with E-state index < -0.39 is 0 Å². The highest BCUT2D eigenvalue weighted by molar-refractivity contribution is 6.10. The van der Waals surface area contributed by atoms with E-state index in [1.807, 2.05) is 6.20 Å². The molecule has 1 saturated carbocycles. The van der Waals surface area contributed by atoms with Crippen molar-refractivity contribution >= 4 is 17.3 Å². The van der Waals surface area contributed by atoms with Crippen molar-refractivity contribution in [2.75, 3.05) is 52.2 Å². The number of piperidine rings is 1. The first-order valence-electron chi connectivity index (χ1n) is 10.8. The maximum Gasteiger partial charge on any atom is 0.177 e. The standard InChI is InChI=1S/C24H32N4O/c1-5-19-21(29)15-18-17-25-22(27(4)14-13-26(2)3)16-20(18)23(19)28-11-9-24(10-12-28)7-6-8-24/h1,16-17H,6-15H2,2-4H3. The lowest BCUT2D eigenvalue weighted by Crippen LogP contribution is -2.43. The summed E-state index contributed by atoms with van der Waals surface area (Å²) < 4.78 is 0. The number of carbonyl (C=O) groups excluding carboxylic acids is 1. The number of nitrogens with zero attached hydrogens (tertiary/aromatic N) is 4. The minimum atomic E-state index is 0.0504. The summed E-state index contributed by atoms with van der Waals surface area (Å²) >= 11 is 0. The SMILES string of the molecule is C#CC1=C(N2CCC3(CCC3)CC2)c2cc(N(C)CCN(C)C)ncc2CC1=O. The molecule has 0 aromatic carbocycles. The maximum atomic E-state index is 12.8. The number of likely N-dealkylation sites (tertiary alicyclic amines) is 1. The number of hydrogen-bond donors (Lipinski definition) is 0. The molecule has 29 heavy (non-hydrogen) atoms. The molecule has 4 rings (SSSR count). The third-order valence-electron chi connectivity index (χ3n) is 7.07. The Bertz CT molecular complexity index is 865. The van der Waals surface area contributed by atoms with Crippen molar-refractivity contribution in [2.24, 2.45) is 5.41 Å². The zero-order chi connectivity index (χ0) is 20.6. The van der Waals surface area contributed by atoms with Crippen molar-refractivity contribution in [3.05, 3.63) is 29.0 Å². The summed E-state index contributed by atoms with van der Waals surface area (Å²) in [5, 5.41) is 0. The van der Waals surface area contributed by atoms with Crippen LogP contribution in [0, 0.1) is 17.8 Å². The van der Waals surface area contributed by atoms with E-state index in [-0.39, 0.29) is 5.78 Å². The molecule has 5 nitrogen and oxygen atoms in total. The lowest BCUT2D eigenvalue weighted by Gasteiger charge is -2.49. The molecule has 0 atom stereocenters. The van der Waals surface area contributed by atoms with Gasteiger partial charge in [-0.2, -0.15) is 0 Å². The van der Waals surface area contributed by atoms with Crippen LogP contribution < -0.4 is 4.90 Å². The van der Waals surface area contributed by atoms with Crippen molar-refractivity contribution in [3.63, 3.8) is 0 Å². The predicted molar refractivity (Wildman–Crippen MR) is 118 cm³/mol. The highest BCUT2D eigenvalue weighted by Crippen LogP contribution is 2.50. The summed E-state index contributed by atoms with van der Waals surface area (Å²) in [4.78, 5) is 24.1. The first-order chi connectivity index (χ1) is 13.9. The highest BCUT2D eigenvalue weighted by atomic mass is 16.1. The lowest BCUT2D eigenvalue weighted by molar-refractivity contribution is -0.114. The number of fused-ring (bicyclic) bond motifs is 1. The summed E-state index contributed by atoms with van der Waals surface area (Å²) in [6, 6.07) is 2.14. The smallest absolute Gasteiger partial charge is 0.177 e. The van der Waals surface area contributed by atoms with Crippen LogP contribution in [0.1, 0.15) is 43.2 Å². The molecule has 2 aliphatic carbocycles. The van der Waals surface area contributed by atoms with E-state index in [0.717, 1.165) is 48.8 Å². The number of terminal acetylenes is 1. The number of Topliss-reactive ketones (excluding diaryl/α,β-unsaturated/α-hetero) is 1. The number of ketones is 1. The molecule has 1 saturated heterocycles. The Morgan fingerprint density at radius 3 is 2.48 bits per heavy atom. The van der Waals surface area contributed by atoms with Crippen LogP contribution in [0.15, 0.2) is 17.8 Å². The van der Waals surface area contributed by atoms with E-state index >= 15 is 0 Å². The van der Waals surface area contributed by atoms with Crippen molar-refractivity contribution in [1.29, 1.82) is 0 Å². The lowest BCUT2D eigenvalue weighted by atomic mass is 9.63.